The SMILES string of the molecule is CSSC(COc1cccc(C(=O)NCCN)c1)OCCOCC(=O)NCC#CB[C@H]1C[C@@H](O[C@@H](CO[N+](=O)[O-])SSC)C(CO)O1. The second kappa shape index (κ2) is 25.0. The molecule has 1 saturated heterocycles. The molecule has 1 aromatic rings. The Kier molecular flexibility index (Phi) is 21.9. The van der Waals surface area contributed by atoms with E-state index in [2.05, 4.69) is 27.2 Å². The molecule has 0 aromatic heterocycles. The molecular formula is C27H41BN4O11S4. The van der Waals surface area contributed by atoms with Gasteiger partial charge in [-0.25, -0.2) is 0 Å². The predicted octanol–water partition coefficient (Wildman–Crippen LogP) is 0.676. The van der Waals surface area contributed by atoms with Gasteiger partial charge in [0.25, 0.3) is 11.0 Å². The van der Waals surface area contributed by atoms with E-state index in [0.29, 0.717) is 38.1 Å². The minimum Gasteiger partial charge on any atom is -0.490 e. The second-order valence-corrected chi connectivity index (χ2v) is 14.7. The fourth-order valence-electron chi connectivity index (χ4n) is 3.99. The minimum absolute atomic E-state index is 0.124. The summed E-state index contributed by atoms with van der Waals surface area (Å²) in [6.45, 7) is 0.899. The van der Waals surface area contributed by atoms with Gasteiger partial charge in [0.15, 0.2) is 0 Å². The molecule has 0 bridgehead atoms. The smallest absolute Gasteiger partial charge is 0.294 e. The van der Waals surface area contributed by atoms with E-state index >= 15 is 0 Å². The van der Waals surface area contributed by atoms with Gasteiger partial charge < -0.3 is 50.0 Å². The molecule has 0 spiro atoms. The van der Waals surface area contributed by atoms with Gasteiger partial charge >= 0.3 is 0 Å². The van der Waals surface area contributed by atoms with Gasteiger partial charge in [-0.15, -0.1) is 10.1 Å². The Labute approximate surface area is 290 Å². The molecular weight excluding hydrogens is 695 g/mol. The molecule has 47 heavy (non-hydrogen) atoms. The number of hydrogen-bond donors (Lipinski definition) is 4. The predicted molar refractivity (Wildman–Crippen MR) is 186 cm³/mol. The van der Waals surface area contributed by atoms with E-state index in [1.165, 1.54) is 43.2 Å². The Morgan fingerprint density at radius 2 is 2.00 bits per heavy atom. The lowest BCUT2D eigenvalue weighted by molar-refractivity contribution is -0.758. The first-order chi connectivity index (χ1) is 22.8. The largest absolute Gasteiger partial charge is 0.490 e. The first-order valence-electron chi connectivity index (χ1n) is 14.5. The number of rotatable bonds is 24. The maximum absolute atomic E-state index is 12.1. The Morgan fingerprint density at radius 1 is 1.21 bits per heavy atom. The number of aliphatic hydroxyl groups excluding tert-OH is 1. The van der Waals surface area contributed by atoms with Gasteiger partial charge in [-0.3, -0.25) is 9.59 Å². The van der Waals surface area contributed by atoms with Crippen molar-refractivity contribution >= 4 is 62.3 Å². The summed E-state index contributed by atoms with van der Waals surface area (Å²) in [6.07, 6.45) is 3.15. The Balaban J connectivity index is 1.63. The number of nitrogens with two attached hydrogens (primary N) is 1. The van der Waals surface area contributed by atoms with Crippen LogP contribution in [0.15, 0.2) is 24.3 Å². The molecule has 5 atom stereocenters. The summed E-state index contributed by atoms with van der Waals surface area (Å²) in [5.41, 5.74) is 5.00. The van der Waals surface area contributed by atoms with Crippen LogP contribution in [0.2, 0.25) is 0 Å². The highest BCUT2D eigenvalue weighted by Crippen LogP contribution is 2.31. The molecule has 0 aliphatic carbocycles. The second-order valence-electron chi connectivity index (χ2n) is 9.43. The first-order valence-corrected chi connectivity index (χ1v) is 19.7. The minimum atomic E-state index is -0.873. The van der Waals surface area contributed by atoms with Gasteiger partial charge in [0, 0.05) is 24.7 Å². The third-order valence-electron chi connectivity index (χ3n) is 6.01. The lowest BCUT2D eigenvalue weighted by Crippen LogP contribution is -2.32. The number of ether oxygens (including phenoxy) is 5. The highest BCUT2D eigenvalue weighted by atomic mass is 33.1. The van der Waals surface area contributed by atoms with Crippen molar-refractivity contribution < 1.29 is 48.3 Å². The van der Waals surface area contributed by atoms with Crippen LogP contribution in [-0.2, 0) is 28.6 Å². The summed E-state index contributed by atoms with van der Waals surface area (Å²) in [5, 5.41) is 24.7. The van der Waals surface area contributed by atoms with Crippen LogP contribution in [0, 0.1) is 21.9 Å². The highest BCUT2D eigenvalue weighted by molar-refractivity contribution is 8.76. The summed E-state index contributed by atoms with van der Waals surface area (Å²) in [7, 11) is 6.04. The average Bonchev–Trinajstić information content (AvgIpc) is 3.46. The van der Waals surface area contributed by atoms with E-state index in [0.717, 1.165) is 0 Å². The third kappa shape index (κ3) is 17.8. The topological polar surface area (TPSA) is 203 Å². The summed E-state index contributed by atoms with van der Waals surface area (Å²) in [5.74, 6) is 5.81. The van der Waals surface area contributed by atoms with Crippen LogP contribution in [0.3, 0.4) is 0 Å². The summed E-state index contributed by atoms with van der Waals surface area (Å²) < 4.78 is 28.8. The van der Waals surface area contributed by atoms with Gasteiger partial charge in [-0.1, -0.05) is 55.2 Å². The van der Waals surface area contributed by atoms with Crippen molar-refractivity contribution in [3.63, 3.8) is 0 Å². The number of nitrogens with zero attached hydrogens (tertiary/aromatic N) is 1. The lowest BCUT2D eigenvalue weighted by atomic mass is 9.71. The normalized spacial score (nSPS) is 18.3. The molecule has 2 amide bonds. The zero-order valence-electron chi connectivity index (χ0n) is 26.2. The van der Waals surface area contributed by atoms with Gasteiger partial charge in [0.1, 0.15) is 42.5 Å². The van der Waals surface area contributed by atoms with E-state index < -0.39 is 22.7 Å². The first kappa shape index (κ1) is 41.1. The molecule has 15 nitrogen and oxygen atoms in total. The molecule has 1 fully saturated rings. The molecule has 20 heteroatoms. The van der Waals surface area contributed by atoms with Crippen molar-refractivity contribution in [3.05, 3.63) is 39.9 Å². The van der Waals surface area contributed by atoms with Crippen LogP contribution < -0.4 is 21.1 Å². The fraction of sp³-hybridized carbons (Fsp3) is 0.630. The van der Waals surface area contributed by atoms with Gasteiger partial charge in [-0.2, -0.15) is 5.82 Å². The number of amides is 2. The standard InChI is InChI=1S/C27H41BN4O11S4/c1-44-46-25(17-40-20-6-3-5-19(13-20)27(35)31-10-8-29)39-12-11-38-16-24(34)30-9-4-7-28-23-14-21(22(15-33)42-23)43-26(47-45-2)18-41-32(36)37/h3,5-6,13,21-23,25-26,28,33H,8-12,14-18,29H2,1-2H3,(H,30,34)(H,31,35)/t21-,22?,23-,25?,26-/m1/s1. The zero-order valence-corrected chi connectivity index (χ0v) is 29.4. The molecule has 5 N–H and O–H groups in total. The molecule has 262 valence electrons. The van der Waals surface area contributed by atoms with E-state index in [1.54, 1.807) is 24.3 Å². The van der Waals surface area contributed by atoms with Crippen molar-refractivity contribution in [1.82, 2.24) is 10.6 Å². The van der Waals surface area contributed by atoms with Crippen molar-refractivity contribution in [3.8, 4) is 17.5 Å². The van der Waals surface area contributed by atoms with E-state index in [4.69, 9.17) is 29.4 Å². The van der Waals surface area contributed by atoms with E-state index in [-0.39, 0.29) is 69.4 Å². The van der Waals surface area contributed by atoms with Crippen LogP contribution in [0.25, 0.3) is 0 Å². The summed E-state index contributed by atoms with van der Waals surface area (Å²) in [6, 6.07) is 6.55. The Morgan fingerprint density at radius 3 is 2.72 bits per heavy atom. The molecule has 1 aromatic carbocycles. The van der Waals surface area contributed by atoms with Crippen LogP contribution in [0.5, 0.6) is 5.75 Å². The average molecular weight is 737 g/mol. The van der Waals surface area contributed by atoms with E-state index in [9.17, 15) is 24.8 Å². The number of carbonyl (C=O) groups is 2. The molecule has 0 saturated carbocycles. The van der Waals surface area contributed by atoms with Crippen LogP contribution in [0.1, 0.15) is 16.8 Å². The molecule has 0 radical (unpaired) electrons. The van der Waals surface area contributed by atoms with Crippen LogP contribution >= 0.6 is 43.2 Å². The lowest BCUT2D eigenvalue weighted by Gasteiger charge is -2.22. The number of nitrogens with one attached hydrogen (secondary N) is 2. The van der Waals surface area contributed by atoms with Gasteiger partial charge in [0.2, 0.25) is 13.2 Å². The third-order valence-corrected chi connectivity index (χ3v) is 9.79. The molecule has 2 rings (SSSR count). The molecule has 1 heterocycles. The number of benzene rings is 1. The molecule has 2 unspecified atom stereocenters. The van der Waals surface area contributed by atoms with Crippen molar-refractivity contribution in [2.45, 2.75) is 35.5 Å². The summed E-state index contributed by atoms with van der Waals surface area (Å²) >= 11 is 0. The Hall–Kier alpha value is -2.06. The van der Waals surface area contributed by atoms with Gasteiger partial charge in [0.05, 0.1) is 32.5 Å². The van der Waals surface area contributed by atoms with Crippen molar-refractivity contribution in [1.29, 1.82) is 0 Å². The van der Waals surface area contributed by atoms with Gasteiger partial charge in [-0.05, 0) is 37.1 Å². The van der Waals surface area contributed by atoms with Crippen molar-refractivity contribution in [2.75, 3.05) is 71.8 Å². The number of carbonyl (C=O) groups excluding carboxylic acids is 2. The maximum Gasteiger partial charge on any atom is 0.294 e. The van der Waals surface area contributed by atoms with E-state index in [1.807, 2.05) is 12.5 Å². The maximum atomic E-state index is 12.1. The van der Waals surface area contributed by atoms with Crippen molar-refractivity contribution in [2.24, 2.45) is 5.73 Å². The molecule has 1 aliphatic rings. The summed E-state index contributed by atoms with van der Waals surface area (Å²) in [4.78, 5) is 39.2. The van der Waals surface area contributed by atoms with Crippen LogP contribution in [-0.4, -0.2) is 130 Å². The molecule has 1 aliphatic heterocycles. The fourth-order valence-corrected chi connectivity index (χ4v) is 6.92. The number of aliphatic hydroxyl groups is 1. The Bertz CT molecular complexity index is 1150. The quantitative estimate of drug-likeness (QED) is 0.0219. The van der Waals surface area contributed by atoms with Crippen LogP contribution in [0.4, 0.5) is 0 Å². The number of hydrogen-bond acceptors (Lipinski definition) is 16. The highest BCUT2D eigenvalue weighted by Gasteiger charge is 2.37. The zero-order chi connectivity index (χ0) is 34.3. The monoisotopic (exact) mass is 736 g/mol.